The van der Waals surface area contributed by atoms with Crippen LogP contribution in [0.2, 0.25) is 0 Å². The quantitative estimate of drug-likeness (QED) is 0.484. The monoisotopic (exact) mass is 244 g/mol. The highest BCUT2D eigenvalue weighted by molar-refractivity contribution is 5.81. The third kappa shape index (κ3) is 2.73. The van der Waals surface area contributed by atoms with Crippen molar-refractivity contribution in [3.63, 3.8) is 0 Å². The summed E-state index contributed by atoms with van der Waals surface area (Å²) in [6.07, 6.45) is 4.79. The molecule has 0 radical (unpaired) electrons. The lowest BCUT2D eigenvalue weighted by molar-refractivity contribution is 0.403. The van der Waals surface area contributed by atoms with Crippen LogP contribution in [0.4, 0.5) is 5.95 Å². The fraction of sp³-hybridized carbons (Fsp3) is 0.0833. The first-order valence-corrected chi connectivity index (χ1v) is 5.23. The second-order valence-corrected chi connectivity index (χ2v) is 3.57. The van der Waals surface area contributed by atoms with Crippen molar-refractivity contribution in [3.8, 4) is 11.5 Å². The standard InChI is InChI=1S/C12H12N4O2/c1-16(12-13-5-2-6-14-12)15-8-9-3-4-10(17)11(18)7-9/h2-8,17-18H,1H3. The number of anilines is 1. The van der Waals surface area contributed by atoms with Crippen molar-refractivity contribution in [1.82, 2.24) is 9.97 Å². The van der Waals surface area contributed by atoms with Gasteiger partial charge in [0, 0.05) is 19.4 Å². The lowest BCUT2D eigenvalue weighted by atomic mass is 10.2. The molecule has 2 rings (SSSR count). The van der Waals surface area contributed by atoms with Gasteiger partial charge in [-0.05, 0) is 29.8 Å². The van der Waals surface area contributed by atoms with Crippen LogP contribution in [0, 0.1) is 0 Å². The second kappa shape index (κ2) is 5.13. The topological polar surface area (TPSA) is 81.8 Å². The smallest absolute Gasteiger partial charge is 0.245 e. The maximum absolute atomic E-state index is 9.33. The number of hydrazone groups is 1. The van der Waals surface area contributed by atoms with Crippen LogP contribution in [0.1, 0.15) is 5.56 Å². The zero-order valence-corrected chi connectivity index (χ0v) is 9.72. The molecule has 18 heavy (non-hydrogen) atoms. The Labute approximate surface area is 104 Å². The first kappa shape index (κ1) is 11.8. The van der Waals surface area contributed by atoms with E-state index in [9.17, 15) is 10.2 Å². The van der Waals surface area contributed by atoms with Crippen LogP contribution in [0.5, 0.6) is 11.5 Å². The largest absolute Gasteiger partial charge is 0.504 e. The predicted octanol–water partition coefficient (Wildman–Crippen LogP) is 1.36. The molecule has 0 fully saturated rings. The number of phenols is 2. The lowest BCUT2D eigenvalue weighted by Crippen LogP contribution is -2.12. The number of rotatable bonds is 3. The minimum Gasteiger partial charge on any atom is -0.504 e. The first-order valence-electron chi connectivity index (χ1n) is 5.23. The van der Waals surface area contributed by atoms with Crippen molar-refractivity contribution in [3.05, 3.63) is 42.2 Å². The summed E-state index contributed by atoms with van der Waals surface area (Å²) in [6, 6.07) is 6.17. The number of aromatic hydroxyl groups is 2. The van der Waals surface area contributed by atoms with Gasteiger partial charge in [0.2, 0.25) is 5.95 Å². The molecule has 0 bridgehead atoms. The van der Waals surface area contributed by atoms with Gasteiger partial charge in [-0.2, -0.15) is 5.10 Å². The van der Waals surface area contributed by atoms with Crippen LogP contribution in [0.15, 0.2) is 41.8 Å². The molecule has 0 amide bonds. The molecule has 0 atom stereocenters. The SMILES string of the molecule is CN(N=Cc1ccc(O)c(O)c1)c1ncccn1. The van der Waals surface area contributed by atoms with E-state index in [1.54, 1.807) is 31.6 Å². The van der Waals surface area contributed by atoms with Gasteiger partial charge in [-0.1, -0.05) is 0 Å². The highest BCUT2D eigenvalue weighted by Crippen LogP contribution is 2.24. The van der Waals surface area contributed by atoms with Crippen molar-refractivity contribution >= 4 is 12.2 Å². The van der Waals surface area contributed by atoms with Crippen molar-refractivity contribution in [2.24, 2.45) is 5.10 Å². The van der Waals surface area contributed by atoms with Crippen molar-refractivity contribution in [1.29, 1.82) is 0 Å². The molecule has 6 heteroatoms. The van der Waals surface area contributed by atoms with Gasteiger partial charge in [0.1, 0.15) is 0 Å². The second-order valence-electron chi connectivity index (χ2n) is 3.57. The summed E-state index contributed by atoms with van der Waals surface area (Å²) in [6.45, 7) is 0. The molecule has 0 aliphatic carbocycles. The van der Waals surface area contributed by atoms with Crippen LogP contribution in [-0.2, 0) is 0 Å². The normalized spacial score (nSPS) is 10.7. The van der Waals surface area contributed by atoms with Crippen LogP contribution >= 0.6 is 0 Å². The van der Waals surface area contributed by atoms with E-state index in [1.807, 2.05) is 0 Å². The van der Waals surface area contributed by atoms with Crippen LogP contribution in [0.3, 0.4) is 0 Å². The Morgan fingerprint density at radius 3 is 2.56 bits per heavy atom. The molecule has 6 nitrogen and oxygen atoms in total. The third-order valence-electron chi connectivity index (χ3n) is 2.22. The summed E-state index contributed by atoms with van der Waals surface area (Å²) in [4.78, 5) is 8.07. The molecule has 1 aromatic carbocycles. The van der Waals surface area contributed by atoms with E-state index >= 15 is 0 Å². The molecule has 1 heterocycles. The van der Waals surface area contributed by atoms with Gasteiger partial charge >= 0.3 is 0 Å². The molecule has 2 N–H and O–H groups in total. The zero-order valence-electron chi connectivity index (χ0n) is 9.72. The maximum atomic E-state index is 9.33. The van der Waals surface area contributed by atoms with Gasteiger partial charge in [0.25, 0.3) is 0 Å². The Kier molecular flexibility index (Phi) is 3.38. The Morgan fingerprint density at radius 2 is 1.89 bits per heavy atom. The number of hydrogen-bond acceptors (Lipinski definition) is 6. The molecule has 0 saturated carbocycles. The van der Waals surface area contributed by atoms with Crippen molar-refractivity contribution in [2.75, 3.05) is 12.1 Å². The summed E-state index contributed by atoms with van der Waals surface area (Å²) in [5, 5.41) is 24.1. The molecule has 0 saturated heterocycles. The first-order chi connectivity index (χ1) is 8.66. The summed E-state index contributed by atoms with van der Waals surface area (Å²) in [5.74, 6) is 0.126. The van der Waals surface area contributed by atoms with Gasteiger partial charge in [-0.15, -0.1) is 0 Å². The van der Waals surface area contributed by atoms with E-state index in [0.29, 0.717) is 11.5 Å². The summed E-state index contributed by atoms with van der Waals surface area (Å²) >= 11 is 0. The number of nitrogens with zero attached hydrogens (tertiary/aromatic N) is 4. The fourth-order valence-corrected chi connectivity index (χ4v) is 1.28. The average molecular weight is 244 g/mol. The highest BCUT2D eigenvalue weighted by atomic mass is 16.3. The highest BCUT2D eigenvalue weighted by Gasteiger charge is 2.01. The van der Waals surface area contributed by atoms with E-state index in [1.165, 1.54) is 23.4 Å². The fourth-order valence-electron chi connectivity index (χ4n) is 1.28. The minimum absolute atomic E-state index is 0.160. The van der Waals surface area contributed by atoms with E-state index in [0.717, 1.165) is 0 Å². The molecule has 92 valence electrons. The third-order valence-corrected chi connectivity index (χ3v) is 2.22. The van der Waals surface area contributed by atoms with Crippen LogP contribution in [-0.4, -0.2) is 33.4 Å². The van der Waals surface area contributed by atoms with Crippen LogP contribution < -0.4 is 5.01 Å². The number of phenolic OH excluding ortho intramolecular Hbond substituents is 2. The Hall–Kier alpha value is -2.63. The average Bonchev–Trinajstić information content (AvgIpc) is 2.41. The van der Waals surface area contributed by atoms with E-state index in [4.69, 9.17) is 0 Å². The maximum Gasteiger partial charge on any atom is 0.245 e. The van der Waals surface area contributed by atoms with Gasteiger partial charge in [0.15, 0.2) is 11.5 Å². The van der Waals surface area contributed by atoms with Gasteiger partial charge in [-0.25, -0.2) is 15.0 Å². The summed E-state index contributed by atoms with van der Waals surface area (Å²) < 4.78 is 0. The van der Waals surface area contributed by atoms with Gasteiger partial charge < -0.3 is 10.2 Å². The molecular weight excluding hydrogens is 232 g/mol. The van der Waals surface area contributed by atoms with E-state index in [-0.39, 0.29) is 11.5 Å². The van der Waals surface area contributed by atoms with Crippen LogP contribution in [0.25, 0.3) is 0 Å². The Balaban J connectivity index is 2.13. The zero-order chi connectivity index (χ0) is 13.0. The minimum atomic E-state index is -0.183. The molecule has 2 aromatic rings. The molecule has 1 aromatic heterocycles. The van der Waals surface area contributed by atoms with Gasteiger partial charge in [0.05, 0.1) is 6.21 Å². The number of hydrogen-bond donors (Lipinski definition) is 2. The molecule has 0 aliphatic heterocycles. The van der Waals surface area contributed by atoms with Crippen molar-refractivity contribution in [2.45, 2.75) is 0 Å². The molecule has 0 aliphatic rings. The Bertz CT molecular complexity index is 557. The lowest BCUT2D eigenvalue weighted by Gasteiger charge is -2.09. The molecule has 0 unspecified atom stereocenters. The van der Waals surface area contributed by atoms with Crippen molar-refractivity contribution < 1.29 is 10.2 Å². The Morgan fingerprint density at radius 1 is 1.17 bits per heavy atom. The summed E-state index contributed by atoms with van der Waals surface area (Å²) in [7, 11) is 1.71. The summed E-state index contributed by atoms with van der Waals surface area (Å²) in [5.41, 5.74) is 0.660. The number of benzene rings is 1. The van der Waals surface area contributed by atoms with Gasteiger partial charge in [-0.3, -0.25) is 0 Å². The molecule has 0 spiro atoms. The van der Waals surface area contributed by atoms with E-state index < -0.39 is 0 Å². The predicted molar refractivity (Wildman–Crippen MR) is 67.8 cm³/mol. The van der Waals surface area contributed by atoms with E-state index in [2.05, 4.69) is 15.1 Å². The molecular formula is C12H12N4O2. The number of aromatic nitrogens is 2.